The molecule has 0 spiro atoms. The number of carbonyl (C=O) groups is 1. The van der Waals surface area contributed by atoms with Gasteiger partial charge in [-0.25, -0.2) is 4.68 Å². The summed E-state index contributed by atoms with van der Waals surface area (Å²) in [5.74, 6) is 0.554. The third-order valence-corrected chi connectivity index (χ3v) is 7.84. The summed E-state index contributed by atoms with van der Waals surface area (Å²) in [7, 11) is -2.45. The van der Waals surface area contributed by atoms with Crippen molar-refractivity contribution in [2.24, 2.45) is 5.73 Å². The Kier molecular flexibility index (Phi) is 4.85. The highest BCUT2D eigenvalue weighted by Gasteiger charge is 2.27. The third-order valence-electron chi connectivity index (χ3n) is 6.06. The van der Waals surface area contributed by atoms with Crippen LogP contribution in [0.25, 0.3) is 27.7 Å². The number of carbonyl (C=O) groups excluding carboxylic acids is 1. The first-order valence-corrected chi connectivity index (χ1v) is 12.1. The molecule has 7 nitrogen and oxygen atoms in total. The molecule has 0 atom stereocenters. The van der Waals surface area contributed by atoms with E-state index in [0.29, 0.717) is 29.9 Å². The van der Waals surface area contributed by atoms with Crippen molar-refractivity contribution in [3.8, 4) is 16.8 Å². The summed E-state index contributed by atoms with van der Waals surface area (Å²) in [6.07, 6.45) is 6.97. The maximum absolute atomic E-state index is 12.2. The third kappa shape index (κ3) is 3.74. The molecule has 1 amide bonds. The highest BCUT2D eigenvalue weighted by atomic mass is 32.3. The second-order valence-corrected chi connectivity index (χ2v) is 10.5. The van der Waals surface area contributed by atoms with E-state index in [2.05, 4.69) is 16.1 Å². The lowest BCUT2D eigenvalue weighted by molar-refractivity contribution is 0.100. The molecule has 0 aliphatic carbocycles. The SMILES string of the molecule is NC(=O)c1cc(-c2cccc(-n3cccn3)c2)cc2c(C3CCS(O)(O)CC3)c[nH]c12. The molecule has 0 saturated carbocycles. The molecule has 160 valence electrons. The molecule has 31 heavy (non-hydrogen) atoms. The lowest BCUT2D eigenvalue weighted by Gasteiger charge is -2.39. The number of H-pyrrole nitrogens is 1. The van der Waals surface area contributed by atoms with Crippen LogP contribution < -0.4 is 5.73 Å². The van der Waals surface area contributed by atoms with Crippen molar-refractivity contribution in [3.63, 3.8) is 0 Å². The van der Waals surface area contributed by atoms with E-state index in [4.69, 9.17) is 5.73 Å². The van der Waals surface area contributed by atoms with Gasteiger partial charge in [0.1, 0.15) is 0 Å². The van der Waals surface area contributed by atoms with E-state index in [1.165, 1.54) is 0 Å². The molecule has 5 rings (SSSR count). The lowest BCUT2D eigenvalue weighted by atomic mass is 9.91. The monoisotopic (exact) mass is 436 g/mol. The van der Waals surface area contributed by atoms with Gasteiger partial charge in [-0.15, -0.1) is 0 Å². The first-order chi connectivity index (χ1) is 14.9. The number of benzene rings is 2. The predicted molar refractivity (Wildman–Crippen MR) is 124 cm³/mol. The quantitative estimate of drug-likeness (QED) is 0.369. The van der Waals surface area contributed by atoms with Crippen molar-refractivity contribution in [2.45, 2.75) is 18.8 Å². The fourth-order valence-electron chi connectivity index (χ4n) is 4.42. The van der Waals surface area contributed by atoms with Crippen molar-refractivity contribution in [2.75, 3.05) is 11.5 Å². The second-order valence-electron chi connectivity index (χ2n) is 8.04. The van der Waals surface area contributed by atoms with Gasteiger partial charge < -0.3 is 10.7 Å². The Morgan fingerprint density at radius 1 is 1.13 bits per heavy atom. The average molecular weight is 437 g/mol. The van der Waals surface area contributed by atoms with Crippen LogP contribution in [0.2, 0.25) is 0 Å². The zero-order chi connectivity index (χ0) is 21.6. The van der Waals surface area contributed by atoms with Crippen LogP contribution in [0.4, 0.5) is 0 Å². The number of hydrogen-bond acceptors (Lipinski definition) is 4. The minimum Gasteiger partial charge on any atom is -0.366 e. The molecule has 8 heteroatoms. The van der Waals surface area contributed by atoms with Crippen molar-refractivity contribution in [3.05, 3.63) is 72.2 Å². The van der Waals surface area contributed by atoms with E-state index in [1.807, 2.05) is 48.8 Å². The van der Waals surface area contributed by atoms with Gasteiger partial charge in [-0.1, -0.05) is 12.1 Å². The molecular weight excluding hydrogens is 412 g/mol. The first kappa shape index (κ1) is 19.9. The van der Waals surface area contributed by atoms with Crippen molar-refractivity contribution < 1.29 is 13.9 Å². The largest absolute Gasteiger partial charge is 0.366 e. The molecule has 5 N–H and O–H groups in total. The summed E-state index contributed by atoms with van der Waals surface area (Å²) in [5.41, 5.74) is 10.8. The van der Waals surface area contributed by atoms with Gasteiger partial charge in [0.25, 0.3) is 5.91 Å². The number of fused-ring (bicyclic) bond motifs is 1. The molecule has 2 aromatic carbocycles. The number of nitrogens with one attached hydrogen (secondary N) is 1. The number of primary amides is 1. The molecule has 1 fully saturated rings. The summed E-state index contributed by atoms with van der Waals surface area (Å²) in [4.78, 5) is 15.5. The topological polar surface area (TPSA) is 117 Å². The molecule has 1 saturated heterocycles. The number of nitrogens with two attached hydrogens (primary N) is 1. The Morgan fingerprint density at radius 3 is 2.65 bits per heavy atom. The maximum Gasteiger partial charge on any atom is 0.250 e. The summed E-state index contributed by atoms with van der Waals surface area (Å²) in [6, 6.07) is 13.8. The molecule has 1 aliphatic heterocycles. The van der Waals surface area contributed by atoms with Gasteiger partial charge in [-0.2, -0.15) is 15.7 Å². The van der Waals surface area contributed by atoms with E-state index in [9.17, 15) is 13.9 Å². The molecule has 0 unspecified atom stereocenters. The summed E-state index contributed by atoms with van der Waals surface area (Å²) < 4.78 is 21.8. The van der Waals surface area contributed by atoms with Crippen LogP contribution in [0, 0.1) is 0 Å². The van der Waals surface area contributed by atoms with E-state index >= 15 is 0 Å². The standard InChI is InChI=1S/C23H24N4O3S/c24-23(28)20-13-17(16-3-1-4-18(11-16)27-8-2-7-26-27)12-19-21(14-25-22(19)20)15-5-9-31(29,30)10-6-15/h1-4,7-8,11-15,25,29-30H,5-6,9-10H2,(H2,24,28). The van der Waals surface area contributed by atoms with Crippen LogP contribution in [0.5, 0.6) is 0 Å². The Morgan fingerprint density at radius 2 is 1.94 bits per heavy atom. The predicted octanol–water partition coefficient (Wildman–Crippen LogP) is 4.75. The molecular formula is C23H24N4O3S. The van der Waals surface area contributed by atoms with Gasteiger partial charge in [-0.05, 0) is 65.8 Å². The van der Waals surface area contributed by atoms with E-state index < -0.39 is 16.5 Å². The summed E-state index contributed by atoms with van der Waals surface area (Å²) in [6.45, 7) is 0. The number of rotatable bonds is 4. The fraction of sp³-hybridized carbons (Fsp3) is 0.217. The Bertz CT molecular complexity index is 1250. The van der Waals surface area contributed by atoms with Crippen LogP contribution >= 0.6 is 10.6 Å². The average Bonchev–Trinajstić information content (AvgIpc) is 3.43. The highest BCUT2D eigenvalue weighted by molar-refractivity contribution is 8.24. The van der Waals surface area contributed by atoms with Gasteiger partial charge >= 0.3 is 0 Å². The maximum atomic E-state index is 12.2. The second kappa shape index (κ2) is 7.56. The smallest absolute Gasteiger partial charge is 0.250 e. The van der Waals surface area contributed by atoms with Crippen LogP contribution in [-0.2, 0) is 0 Å². The molecule has 4 aromatic rings. The van der Waals surface area contributed by atoms with Gasteiger partial charge in [0.15, 0.2) is 0 Å². The van der Waals surface area contributed by atoms with E-state index in [1.54, 1.807) is 10.9 Å². The van der Waals surface area contributed by atoms with Crippen molar-refractivity contribution in [1.82, 2.24) is 14.8 Å². The first-order valence-electron chi connectivity index (χ1n) is 10.2. The fourth-order valence-corrected chi connectivity index (χ4v) is 5.95. The molecule has 1 aliphatic rings. The normalized spacial score (nSPS) is 17.6. The van der Waals surface area contributed by atoms with Crippen LogP contribution in [0.15, 0.2) is 61.1 Å². The number of aromatic amines is 1. The van der Waals surface area contributed by atoms with Gasteiger partial charge in [0.05, 0.1) is 16.8 Å². The Balaban J connectivity index is 1.61. The van der Waals surface area contributed by atoms with Crippen LogP contribution in [0.3, 0.4) is 0 Å². The van der Waals surface area contributed by atoms with E-state index in [0.717, 1.165) is 33.3 Å². The highest BCUT2D eigenvalue weighted by Crippen LogP contribution is 2.49. The van der Waals surface area contributed by atoms with Crippen LogP contribution in [0.1, 0.15) is 34.7 Å². The zero-order valence-corrected chi connectivity index (χ0v) is 17.7. The Labute approximate surface area is 181 Å². The number of nitrogens with zero attached hydrogens (tertiary/aromatic N) is 2. The number of amides is 1. The van der Waals surface area contributed by atoms with Crippen molar-refractivity contribution >= 4 is 27.4 Å². The molecule has 3 heterocycles. The Hall–Kier alpha value is -3.07. The van der Waals surface area contributed by atoms with Gasteiger partial charge in [-0.3, -0.25) is 13.9 Å². The summed E-state index contributed by atoms with van der Waals surface area (Å²) in [5, 5.41) is 5.25. The number of aromatic nitrogens is 3. The van der Waals surface area contributed by atoms with E-state index in [-0.39, 0.29) is 5.92 Å². The number of hydrogen-bond donors (Lipinski definition) is 4. The lowest BCUT2D eigenvalue weighted by Crippen LogP contribution is -2.19. The minimum atomic E-state index is -2.45. The van der Waals surface area contributed by atoms with Crippen molar-refractivity contribution in [1.29, 1.82) is 0 Å². The van der Waals surface area contributed by atoms with Crippen LogP contribution in [-0.4, -0.2) is 41.3 Å². The molecule has 2 aromatic heterocycles. The molecule has 0 bridgehead atoms. The minimum absolute atomic E-state index is 0.208. The zero-order valence-electron chi connectivity index (χ0n) is 16.9. The van der Waals surface area contributed by atoms with Gasteiger partial charge in [0, 0.05) is 35.5 Å². The van der Waals surface area contributed by atoms with Gasteiger partial charge in [0.2, 0.25) is 0 Å². The molecule has 0 radical (unpaired) electrons. The summed E-state index contributed by atoms with van der Waals surface area (Å²) >= 11 is 0.